The predicted octanol–water partition coefficient (Wildman–Crippen LogP) is 2.47. The lowest BCUT2D eigenvalue weighted by Crippen LogP contribution is -2.53. The van der Waals surface area contributed by atoms with E-state index >= 15 is 0 Å². The van der Waals surface area contributed by atoms with E-state index in [0.29, 0.717) is 30.8 Å². The molecule has 0 radical (unpaired) electrons. The summed E-state index contributed by atoms with van der Waals surface area (Å²) in [5, 5.41) is 11.8. The van der Waals surface area contributed by atoms with Crippen molar-refractivity contribution in [2.45, 2.75) is 36.7 Å². The zero-order valence-corrected chi connectivity index (χ0v) is 17.3. The van der Waals surface area contributed by atoms with Crippen molar-refractivity contribution in [1.29, 1.82) is 5.26 Å². The minimum atomic E-state index is -3.86. The van der Waals surface area contributed by atoms with Crippen LogP contribution in [0.1, 0.15) is 25.3 Å². The van der Waals surface area contributed by atoms with Crippen LogP contribution in [0.25, 0.3) is 0 Å². The number of rotatable bonds is 6. The van der Waals surface area contributed by atoms with Gasteiger partial charge in [0.2, 0.25) is 15.9 Å². The Bertz CT molecular complexity index is 1070. The Balaban J connectivity index is 1.63. The van der Waals surface area contributed by atoms with E-state index in [0.717, 1.165) is 12.5 Å². The van der Waals surface area contributed by atoms with Crippen LogP contribution in [0.4, 0.5) is 10.1 Å². The van der Waals surface area contributed by atoms with Gasteiger partial charge in [-0.15, -0.1) is 0 Å². The summed E-state index contributed by atoms with van der Waals surface area (Å²) in [7, 11) is -3.86. The molecule has 2 unspecified atom stereocenters. The lowest BCUT2D eigenvalue weighted by molar-refractivity contribution is -0.121. The van der Waals surface area contributed by atoms with Crippen molar-refractivity contribution in [3.05, 3.63) is 59.9 Å². The first-order chi connectivity index (χ1) is 14.3. The Labute approximate surface area is 175 Å². The topological polar surface area (TPSA) is 102 Å². The van der Waals surface area contributed by atoms with Gasteiger partial charge in [-0.2, -0.15) is 5.26 Å². The van der Waals surface area contributed by atoms with Crippen molar-refractivity contribution < 1.29 is 17.6 Å². The molecular weight excluding hydrogens is 407 g/mol. The maximum absolute atomic E-state index is 13.4. The van der Waals surface area contributed by atoms with Gasteiger partial charge in [-0.25, -0.2) is 17.5 Å². The van der Waals surface area contributed by atoms with E-state index in [9.17, 15) is 17.6 Å². The number of halogens is 1. The number of carbonyl (C=O) groups is 1. The van der Waals surface area contributed by atoms with Crippen LogP contribution in [0, 0.1) is 17.1 Å². The molecule has 1 aliphatic rings. The quantitative estimate of drug-likeness (QED) is 0.733. The SMILES string of the molecule is CC(C(=O)Nc1cccc(C#N)c1)N1CCCC(NS(=O)(=O)c2cccc(F)c2)C1. The first-order valence-corrected chi connectivity index (χ1v) is 11.1. The second-order valence-electron chi connectivity index (χ2n) is 7.27. The number of sulfonamides is 1. The van der Waals surface area contributed by atoms with E-state index in [1.165, 1.54) is 18.2 Å². The largest absolute Gasteiger partial charge is 0.325 e. The number of carbonyl (C=O) groups excluding carboxylic acids is 1. The molecule has 3 rings (SSSR count). The third-order valence-electron chi connectivity index (χ3n) is 5.07. The Hall–Kier alpha value is -2.80. The van der Waals surface area contributed by atoms with Crippen LogP contribution in [0.15, 0.2) is 53.4 Å². The summed E-state index contributed by atoms with van der Waals surface area (Å²) < 4.78 is 41.1. The smallest absolute Gasteiger partial charge is 0.241 e. The second kappa shape index (κ2) is 9.34. The van der Waals surface area contributed by atoms with E-state index in [2.05, 4.69) is 10.0 Å². The maximum Gasteiger partial charge on any atom is 0.241 e. The molecule has 2 atom stereocenters. The molecule has 0 aliphatic carbocycles. The van der Waals surface area contributed by atoms with Gasteiger partial charge in [-0.3, -0.25) is 9.69 Å². The van der Waals surface area contributed by atoms with E-state index in [-0.39, 0.29) is 16.8 Å². The lowest BCUT2D eigenvalue weighted by atomic mass is 10.0. The summed E-state index contributed by atoms with van der Waals surface area (Å²) >= 11 is 0. The number of benzene rings is 2. The van der Waals surface area contributed by atoms with Gasteiger partial charge in [0, 0.05) is 18.3 Å². The van der Waals surface area contributed by atoms with Gasteiger partial charge in [0.25, 0.3) is 0 Å². The number of hydrogen-bond acceptors (Lipinski definition) is 5. The normalized spacial score (nSPS) is 18.4. The molecule has 0 aromatic heterocycles. The van der Waals surface area contributed by atoms with E-state index in [1.807, 2.05) is 11.0 Å². The standard InChI is InChI=1S/C21H23FN4O3S/c1-15(21(27)24-18-7-2-5-16(11-18)13-23)26-10-4-8-19(14-26)25-30(28,29)20-9-3-6-17(22)12-20/h2-3,5-7,9,11-12,15,19,25H,4,8,10,14H2,1H3,(H,24,27). The molecule has 2 aromatic carbocycles. The fraction of sp³-hybridized carbons (Fsp3) is 0.333. The molecule has 30 heavy (non-hydrogen) atoms. The highest BCUT2D eigenvalue weighted by Gasteiger charge is 2.30. The molecule has 0 bridgehead atoms. The second-order valence-corrected chi connectivity index (χ2v) is 8.98. The van der Waals surface area contributed by atoms with Crippen LogP contribution >= 0.6 is 0 Å². The predicted molar refractivity (Wildman–Crippen MR) is 111 cm³/mol. The highest BCUT2D eigenvalue weighted by atomic mass is 32.2. The monoisotopic (exact) mass is 430 g/mol. The minimum absolute atomic E-state index is 0.122. The third-order valence-corrected chi connectivity index (χ3v) is 6.59. The minimum Gasteiger partial charge on any atom is -0.325 e. The number of piperidine rings is 1. The van der Waals surface area contributed by atoms with Gasteiger partial charge >= 0.3 is 0 Å². The summed E-state index contributed by atoms with van der Waals surface area (Å²) in [5.41, 5.74) is 0.983. The molecule has 1 aliphatic heterocycles. The van der Waals surface area contributed by atoms with Gasteiger partial charge in [0.15, 0.2) is 0 Å². The zero-order chi connectivity index (χ0) is 21.7. The van der Waals surface area contributed by atoms with E-state index in [4.69, 9.17) is 5.26 Å². The van der Waals surface area contributed by atoms with Gasteiger partial charge in [0.05, 0.1) is 22.6 Å². The molecule has 1 fully saturated rings. The average molecular weight is 431 g/mol. The van der Waals surface area contributed by atoms with Gasteiger partial charge < -0.3 is 5.32 Å². The number of amides is 1. The van der Waals surface area contributed by atoms with Crippen molar-refractivity contribution in [2.24, 2.45) is 0 Å². The molecule has 9 heteroatoms. The number of hydrogen-bond donors (Lipinski definition) is 2. The zero-order valence-electron chi connectivity index (χ0n) is 16.5. The number of likely N-dealkylation sites (tertiary alicyclic amines) is 1. The van der Waals surface area contributed by atoms with Crippen LogP contribution in [0.3, 0.4) is 0 Å². The van der Waals surface area contributed by atoms with Gasteiger partial charge in [0.1, 0.15) is 5.82 Å². The average Bonchev–Trinajstić information content (AvgIpc) is 2.73. The first kappa shape index (κ1) is 21.9. The van der Waals surface area contributed by atoms with E-state index < -0.39 is 21.9 Å². The van der Waals surface area contributed by atoms with Crippen molar-refractivity contribution >= 4 is 21.6 Å². The molecule has 158 valence electrons. The summed E-state index contributed by atoms with van der Waals surface area (Å²) in [6, 6.07) is 12.7. The molecule has 2 aromatic rings. The number of nitrogens with zero attached hydrogens (tertiary/aromatic N) is 2. The first-order valence-electron chi connectivity index (χ1n) is 9.61. The summed E-state index contributed by atoms with van der Waals surface area (Å²) in [6.45, 7) is 2.78. The lowest BCUT2D eigenvalue weighted by Gasteiger charge is -2.36. The number of nitriles is 1. The molecule has 1 saturated heterocycles. The fourth-order valence-electron chi connectivity index (χ4n) is 3.46. The molecule has 1 heterocycles. The van der Waals surface area contributed by atoms with Gasteiger partial charge in [-0.05, 0) is 62.7 Å². The van der Waals surface area contributed by atoms with Crippen molar-refractivity contribution in [2.75, 3.05) is 18.4 Å². The molecule has 0 spiro atoms. The Morgan fingerprint density at radius 1 is 1.27 bits per heavy atom. The van der Waals surface area contributed by atoms with Crippen molar-refractivity contribution in [3.63, 3.8) is 0 Å². The molecule has 7 nitrogen and oxygen atoms in total. The van der Waals surface area contributed by atoms with Crippen molar-refractivity contribution in [1.82, 2.24) is 9.62 Å². The van der Waals surface area contributed by atoms with Crippen LogP contribution in [0.2, 0.25) is 0 Å². The maximum atomic E-state index is 13.4. The highest BCUT2D eigenvalue weighted by Crippen LogP contribution is 2.18. The highest BCUT2D eigenvalue weighted by molar-refractivity contribution is 7.89. The van der Waals surface area contributed by atoms with Gasteiger partial charge in [-0.1, -0.05) is 12.1 Å². The Morgan fingerprint density at radius 2 is 2.03 bits per heavy atom. The molecule has 2 N–H and O–H groups in total. The Kier molecular flexibility index (Phi) is 6.82. The van der Waals surface area contributed by atoms with Crippen molar-refractivity contribution in [3.8, 4) is 6.07 Å². The molecule has 1 amide bonds. The van der Waals surface area contributed by atoms with Crippen LogP contribution in [0.5, 0.6) is 0 Å². The number of nitrogens with one attached hydrogen (secondary N) is 2. The van der Waals surface area contributed by atoms with Crippen LogP contribution in [-0.2, 0) is 14.8 Å². The summed E-state index contributed by atoms with van der Waals surface area (Å²) in [5.74, 6) is -0.854. The van der Waals surface area contributed by atoms with Crippen LogP contribution < -0.4 is 10.0 Å². The molecule has 0 saturated carbocycles. The summed E-state index contributed by atoms with van der Waals surface area (Å²) in [6.07, 6.45) is 1.35. The van der Waals surface area contributed by atoms with E-state index in [1.54, 1.807) is 31.2 Å². The van der Waals surface area contributed by atoms with Crippen LogP contribution in [-0.4, -0.2) is 44.4 Å². The fourth-order valence-corrected chi connectivity index (χ4v) is 4.75. The number of anilines is 1. The Morgan fingerprint density at radius 3 is 2.77 bits per heavy atom. The molecular formula is C21H23FN4O3S. The third kappa shape index (κ3) is 5.42. The summed E-state index contributed by atoms with van der Waals surface area (Å²) in [4.78, 5) is 14.4.